The van der Waals surface area contributed by atoms with Crippen molar-refractivity contribution in [2.24, 2.45) is 0 Å². The van der Waals surface area contributed by atoms with Gasteiger partial charge in [-0.15, -0.1) is 0 Å². The molecule has 5 heteroatoms. The Balaban J connectivity index is 1.37. The van der Waals surface area contributed by atoms with Crippen LogP contribution in [0.4, 0.5) is 0 Å². The number of hydrogen-bond donors (Lipinski definition) is 1. The second-order valence-corrected chi connectivity index (χ2v) is 7.69. The topological polar surface area (TPSA) is 39.2 Å². The lowest BCUT2D eigenvalue weighted by molar-refractivity contribution is -0.0785. The molecule has 25 heavy (non-hydrogen) atoms. The highest BCUT2D eigenvalue weighted by Gasteiger charge is 2.25. The molecule has 2 aliphatic rings. The molecule has 1 N–H and O–H groups in total. The first kappa shape index (κ1) is 18.8. The van der Waals surface area contributed by atoms with Gasteiger partial charge in [-0.3, -0.25) is 14.7 Å². The smallest absolute Gasteiger partial charge is 0.0793 e. The fourth-order valence-electron chi connectivity index (χ4n) is 4.06. The second-order valence-electron chi connectivity index (χ2n) is 7.69. The highest BCUT2D eigenvalue weighted by atomic mass is 16.5. The first-order chi connectivity index (χ1) is 12.1. The van der Waals surface area contributed by atoms with E-state index in [0.717, 1.165) is 58.9 Å². The van der Waals surface area contributed by atoms with Gasteiger partial charge in [0.25, 0.3) is 0 Å². The van der Waals surface area contributed by atoms with Crippen molar-refractivity contribution in [1.29, 1.82) is 0 Å². The number of rotatable bonds is 6. The van der Waals surface area contributed by atoms with Gasteiger partial charge in [0.1, 0.15) is 0 Å². The van der Waals surface area contributed by atoms with Crippen LogP contribution in [0.5, 0.6) is 0 Å². The summed E-state index contributed by atoms with van der Waals surface area (Å²) in [5, 5.41) is 10.5. The van der Waals surface area contributed by atoms with Gasteiger partial charge in [-0.25, -0.2) is 0 Å². The minimum absolute atomic E-state index is 0.262. The Bertz CT molecular complexity index is 495. The third-order valence-corrected chi connectivity index (χ3v) is 5.15. The molecule has 5 nitrogen and oxygen atoms in total. The van der Waals surface area contributed by atoms with E-state index < -0.39 is 0 Å². The van der Waals surface area contributed by atoms with E-state index in [2.05, 4.69) is 58.9 Å². The third kappa shape index (κ3) is 6.04. The zero-order valence-electron chi connectivity index (χ0n) is 15.7. The molecule has 0 radical (unpaired) electrons. The van der Waals surface area contributed by atoms with Crippen molar-refractivity contribution < 1.29 is 9.84 Å². The van der Waals surface area contributed by atoms with Gasteiger partial charge in [-0.05, 0) is 19.4 Å². The summed E-state index contributed by atoms with van der Waals surface area (Å²) in [6.45, 7) is 12.9. The van der Waals surface area contributed by atoms with Crippen LogP contribution in [-0.2, 0) is 11.3 Å². The first-order valence-electron chi connectivity index (χ1n) is 9.63. The SMILES string of the molecule is CC1CN(CC(O)CN2CCN(Cc3ccccc3)CC2)CC(C)O1. The number of benzene rings is 1. The Kier molecular flexibility index (Phi) is 6.84. The van der Waals surface area contributed by atoms with Gasteiger partial charge in [0, 0.05) is 58.9 Å². The Labute approximate surface area is 152 Å². The number of hydrogen-bond acceptors (Lipinski definition) is 5. The van der Waals surface area contributed by atoms with Crippen LogP contribution in [0.15, 0.2) is 30.3 Å². The van der Waals surface area contributed by atoms with Crippen LogP contribution >= 0.6 is 0 Å². The fraction of sp³-hybridized carbons (Fsp3) is 0.700. The maximum Gasteiger partial charge on any atom is 0.0793 e. The number of piperazine rings is 1. The highest BCUT2D eigenvalue weighted by molar-refractivity contribution is 5.14. The van der Waals surface area contributed by atoms with E-state index in [1.165, 1.54) is 5.56 Å². The van der Waals surface area contributed by atoms with Crippen molar-refractivity contribution in [1.82, 2.24) is 14.7 Å². The molecular weight excluding hydrogens is 314 g/mol. The summed E-state index contributed by atoms with van der Waals surface area (Å²) in [6, 6.07) is 10.7. The zero-order valence-corrected chi connectivity index (χ0v) is 15.7. The number of aliphatic hydroxyl groups excluding tert-OH is 1. The molecule has 0 amide bonds. The molecule has 3 unspecified atom stereocenters. The van der Waals surface area contributed by atoms with E-state index >= 15 is 0 Å². The largest absolute Gasteiger partial charge is 0.390 e. The Hall–Kier alpha value is -0.980. The number of ether oxygens (including phenoxy) is 1. The quantitative estimate of drug-likeness (QED) is 0.839. The van der Waals surface area contributed by atoms with Gasteiger partial charge in [0.15, 0.2) is 0 Å². The predicted octanol–water partition coefficient (Wildman–Crippen LogP) is 1.27. The van der Waals surface area contributed by atoms with E-state index in [0.29, 0.717) is 0 Å². The van der Waals surface area contributed by atoms with Crippen molar-refractivity contribution in [3.63, 3.8) is 0 Å². The molecule has 140 valence electrons. The standard InChI is InChI=1S/C20H33N3O2/c1-17-12-23(13-18(2)25-17)16-20(24)15-22-10-8-21(9-11-22)14-19-6-4-3-5-7-19/h3-7,17-18,20,24H,8-16H2,1-2H3. The highest BCUT2D eigenvalue weighted by Crippen LogP contribution is 2.12. The van der Waals surface area contributed by atoms with Crippen LogP contribution in [0.3, 0.4) is 0 Å². The molecule has 2 aliphatic heterocycles. The molecule has 0 aliphatic carbocycles. The maximum atomic E-state index is 10.5. The van der Waals surface area contributed by atoms with Crippen molar-refractivity contribution in [3.8, 4) is 0 Å². The minimum atomic E-state index is -0.279. The third-order valence-electron chi connectivity index (χ3n) is 5.15. The molecule has 3 atom stereocenters. The molecule has 0 bridgehead atoms. The predicted molar refractivity (Wildman–Crippen MR) is 101 cm³/mol. The molecule has 1 aromatic rings. The Morgan fingerprint density at radius 3 is 2.12 bits per heavy atom. The molecule has 2 saturated heterocycles. The summed E-state index contributed by atoms with van der Waals surface area (Å²) in [6.07, 6.45) is 0.244. The summed E-state index contributed by atoms with van der Waals surface area (Å²) in [5.41, 5.74) is 1.38. The van der Waals surface area contributed by atoms with E-state index in [9.17, 15) is 5.11 Å². The van der Waals surface area contributed by atoms with Gasteiger partial charge in [-0.1, -0.05) is 30.3 Å². The van der Waals surface area contributed by atoms with Crippen LogP contribution < -0.4 is 0 Å². The van der Waals surface area contributed by atoms with Crippen molar-refractivity contribution in [2.75, 3.05) is 52.4 Å². The lowest BCUT2D eigenvalue weighted by atomic mass is 10.2. The van der Waals surface area contributed by atoms with Gasteiger partial charge < -0.3 is 9.84 Å². The summed E-state index contributed by atoms with van der Waals surface area (Å²) >= 11 is 0. The molecular formula is C20H33N3O2. The van der Waals surface area contributed by atoms with Crippen LogP contribution in [0, 0.1) is 0 Å². The summed E-state index contributed by atoms with van der Waals surface area (Å²) in [7, 11) is 0. The average molecular weight is 348 g/mol. The lowest BCUT2D eigenvalue weighted by Gasteiger charge is -2.38. The minimum Gasteiger partial charge on any atom is -0.390 e. The van der Waals surface area contributed by atoms with Crippen molar-refractivity contribution in [3.05, 3.63) is 35.9 Å². The monoisotopic (exact) mass is 347 g/mol. The molecule has 2 heterocycles. The summed E-state index contributed by atoms with van der Waals surface area (Å²) in [5.74, 6) is 0. The summed E-state index contributed by atoms with van der Waals surface area (Å²) in [4.78, 5) is 7.25. The molecule has 0 aromatic heterocycles. The number of β-amino-alcohol motifs (C(OH)–C–C–N with tert-alkyl or cyclic N) is 1. The van der Waals surface area contributed by atoms with E-state index in [1.807, 2.05) is 0 Å². The normalized spacial score (nSPS) is 28.1. The van der Waals surface area contributed by atoms with Crippen LogP contribution in [0.25, 0.3) is 0 Å². The zero-order chi connectivity index (χ0) is 17.6. The van der Waals surface area contributed by atoms with Gasteiger partial charge in [0.2, 0.25) is 0 Å². The number of nitrogens with zero attached hydrogens (tertiary/aromatic N) is 3. The Morgan fingerprint density at radius 2 is 1.48 bits per heavy atom. The van der Waals surface area contributed by atoms with Crippen LogP contribution in [0.2, 0.25) is 0 Å². The molecule has 3 rings (SSSR count). The molecule has 2 fully saturated rings. The van der Waals surface area contributed by atoms with Crippen molar-refractivity contribution >= 4 is 0 Å². The maximum absolute atomic E-state index is 10.5. The van der Waals surface area contributed by atoms with Gasteiger partial charge >= 0.3 is 0 Å². The number of morpholine rings is 1. The lowest BCUT2D eigenvalue weighted by Crippen LogP contribution is -2.52. The molecule has 1 aromatic carbocycles. The summed E-state index contributed by atoms with van der Waals surface area (Å²) < 4.78 is 5.77. The van der Waals surface area contributed by atoms with E-state index in [4.69, 9.17) is 4.74 Å². The Morgan fingerprint density at radius 1 is 0.920 bits per heavy atom. The van der Waals surface area contributed by atoms with E-state index in [-0.39, 0.29) is 18.3 Å². The fourth-order valence-corrected chi connectivity index (χ4v) is 4.06. The van der Waals surface area contributed by atoms with Gasteiger partial charge in [-0.2, -0.15) is 0 Å². The first-order valence-corrected chi connectivity index (χ1v) is 9.63. The van der Waals surface area contributed by atoms with Crippen LogP contribution in [0.1, 0.15) is 19.4 Å². The average Bonchev–Trinajstić information content (AvgIpc) is 2.56. The van der Waals surface area contributed by atoms with E-state index in [1.54, 1.807) is 0 Å². The molecule has 0 saturated carbocycles. The number of aliphatic hydroxyl groups is 1. The molecule has 0 spiro atoms. The van der Waals surface area contributed by atoms with Gasteiger partial charge in [0.05, 0.1) is 18.3 Å². The van der Waals surface area contributed by atoms with Crippen LogP contribution in [-0.4, -0.2) is 90.5 Å². The van der Waals surface area contributed by atoms with Crippen molar-refractivity contribution in [2.45, 2.75) is 38.7 Å². The second kappa shape index (κ2) is 9.10.